The minimum Gasteiger partial charge on any atom is -0.497 e. The lowest BCUT2D eigenvalue weighted by molar-refractivity contribution is 0.352. The molecule has 2 aromatic heterocycles. The van der Waals surface area contributed by atoms with Crippen molar-refractivity contribution in [3.63, 3.8) is 0 Å². The first-order valence-electron chi connectivity index (χ1n) is 7.03. The largest absolute Gasteiger partial charge is 0.497 e. The third kappa shape index (κ3) is 3.31. The molecule has 0 spiro atoms. The fourth-order valence-corrected chi connectivity index (χ4v) is 2.10. The molecule has 3 rings (SSSR count). The lowest BCUT2D eigenvalue weighted by Crippen LogP contribution is -1.93. The first-order valence-corrected chi connectivity index (χ1v) is 7.03. The van der Waals surface area contributed by atoms with Crippen LogP contribution in [0.3, 0.4) is 0 Å². The zero-order valence-corrected chi connectivity index (χ0v) is 13.1. The van der Waals surface area contributed by atoms with Crippen LogP contribution in [0.4, 0.5) is 0 Å². The third-order valence-electron chi connectivity index (χ3n) is 3.24. The second-order valence-corrected chi connectivity index (χ2v) is 4.81. The van der Waals surface area contributed by atoms with E-state index in [1.807, 2.05) is 12.1 Å². The van der Waals surface area contributed by atoms with Gasteiger partial charge in [-0.3, -0.25) is 0 Å². The normalized spacial score (nSPS) is 10.7. The molecule has 0 N–H and O–H groups in total. The highest BCUT2D eigenvalue weighted by Gasteiger charge is 2.15. The van der Waals surface area contributed by atoms with Gasteiger partial charge in [0, 0.05) is 18.9 Å². The van der Waals surface area contributed by atoms with Crippen molar-refractivity contribution in [3.8, 4) is 22.9 Å². The highest BCUT2D eigenvalue weighted by atomic mass is 16.5. The summed E-state index contributed by atoms with van der Waals surface area (Å²) in [5, 5.41) is 7.73. The number of aromatic nitrogens is 4. The lowest BCUT2D eigenvalue weighted by atomic mass is 10.2. The quantitative estimate of drug-likeness (QED) is 0.683. The van der Waals surface area contributed by atoms with E-state index in [1.165, 1.54) is 0 Å². The molecule has 0 unspecified atom stereocenters. The minimum absolute atomic E-state index is 0.459. The van der Waals surface area contributed by atoms with Gasteiger partial charge >= 0.3 is 0 Å². The molecule has 0 fully saturated rings. The molecule has 1 aromatic carbocycles. The Bertz CT molecular complexity index is 796. The molecule has 0 aliphatic heterocycles. The molecule has 3 aromatic rings. The van der Waals surface area contributed by atoms with E-state index in [1.54, 1.807) is 27.2 Å². The van der Waals surface area contributed by atoms with Crippen LogP contribution in [0, 0.1) is 6.92 Å². The van der Waals surface area contributed by atoms with E-state index in [9.17, 15) is 0 Å². The van der Waals surface area contributed by atoms with Crippen molar-refractivity contribution in [1.29, 1.82) is 0 Å². The average molecular weight is 316 g/mol. The summed E-state index contributed by atoms with van der Waals surface area (Å²) in [4.78, 5) is 8.51. The summed E-state index contributed by atoms with van der Waals surface area (Å²) in [6.45, 7) is 1.77. The van der Waals surface area contributed by atoms with Gasteiger partial charge < -0.3 is 18.5 Å². The standard InChI is InChI=1S/C15H16N4O4/c1-9-16-13(22-18-9)6-7-14-17-15(19-23-14)11-5-4-10(20-2)8-12(11)21-3/h4-5,8H,6-7H2,1-3H3. The van der Waals surface area contributed by atoms with Crippen LogP contribution in [0.2, 0.25) is 0 Å². The second-order valence-electron chi connectivity index (χ2n) is 4.81. The summed E-state index contributed by atoms with van der Waals surface area (Å²) in [5.74, 6) is 3.42. The maximum Gasteiger partial charge on any atom is 0.227 e. The van der Waals surface area contributed by atoms with Gasteiger partial charge in [-0.1, -0.05) is 10.3 Å². The molecule has 8 nitrogen and oxygen atoms in total. The highest BCUT2D eigenvalue weighted by Crippen LogP contribution is 2.31. The zero-order valence-electron chi connectivity index (χ0n) is 13.1. The van der Waals surface area contributed by atoms with E-state index in [4.69, 9.17) is 18.5 Å². The van der Waals surface area contributed by atoms with Gasteiger partial charge in [-0.05, 0) is 19.1 Å². The van der Waals surface area contributed by atoms with E-state index in [2.05, 4.69) is 20.3 Å². The number of methoxy groups -OCH3 is 2. The maximum absolute atomic E-state index is 5.35. The number of ether oxygens (including phenoxy) is 2. The maximum atomic E-state index is 5.35. The van der Waals surface area contributed by atoms with Gasteiger partial charge in [0.25, 0.3) is 0 Å². The molecule has 0 saturated heterocycles. The molecule has 23 heavy (non-hydrogen) atoms. The Hall–Kier alpha value is -2.90. The molecule has 0 saturated carbocycles. The van der Waals surface area contributed by atoms with Crippen LogP contribution in [-0.4, -0.2) is 34.5 Å². The molecule has 8 heteroatoms. The first kappa shape index (κ1) is 15.0. The Morgan fingerprint density at radius 2 is 1.70 bits per heavy atom. The van der Waals surface area contributed by atoms with Crippen molar-refractivity contribution < 1.29 is 18.5 Å². The molecule has 0 aliphatic rings. The van der Waals surface area contributed by atoms with Crippen molar-refractivity contribution in [1.82, 2.24) is 20.3 Å². The smallest absolute Gasteiger partial charge is 0.227 e. The average Bonchev–Trinajstić information content (AvgIpc) is 3.21. The van der Waals surface area contributed by atoms with Gasteiger partial charge in [0.2, 0.25) is 17.6 Å². The fourth-order valence-electron chi connectivity index (χ4n) is 2.10. The number of nitrogens with zero attached hydrogens (tertiary/aromatic N) is 4. The topological polar surface area (TPSA) is 96.3 Å². The summed E-state index contributed by atoms with van der Waals surface area (Å²) in [6, 6.07) is 5.41. The van der Waals surface area contributed by atoms with Gasteiger partial charge in [-0.15, -0.1) is 0 Å². The predicted molar refractivity (Wildman–Crippen MR) is 79.3 cm³/mol. The van der Waals surface area contributed by atoms with Crippen molar-refractivity contribution in [3.05, 3.63) is 35.8 Å². The molecule has 120 valence electrons. The van der Waals surface area contributed by atoms with Crippen LogP contribution in [-0.2, 0) is 12.8 Å². The summed E-state index contributed by atoms with van der Waals surface area (Å²) < 4.78 is 20.8. The van der Waals surface area contributed by atoms with Gasteiger partial charge in [-0.25, -0.2) is 0 Å². The summed E-state index contributed by atoms with van der Waals surface area (Å²) in [6.07, 6.45) is 1.06. The molecule has 0 radical (unpaired) electrons. The van der Waals surface area contributed by atoms with Crippen molar-refractivity contribution in [2.24, 2.45) is 0 Å². The van der Waals surface area contributed by atoms with Crippen LogP contribution in [0.1, 0.15) is 17.6 Å². The summed E-state index contributed by atoms with van der Waals surface area (Å²) in [5.41, 5.74) is 0.733. The monoisotopic (exact) mass is 316 g/mol. The predicted octanol–water partition coefficient (Wildman–Crippen LogP) is 2.23. The Kier molecular flexibility index (Phi) is 4.22. The van der Waals surface area contributed by atoms with Gasteiger partial charge in [0.15, 0.2) is 5.82 Å². The number of benzene rings is 1. The fraction of sp³-hybridized carbons (Fsp3) is 0.333. The van der Waals surface area contributed by atoms with E-state index in [0.717, 1.165) is 5.56 Å². The van der Waals surface area contributed by atoms with Crippen molar-refractivity contribution in [2.75, 3.05) is 14.2 Å². The highest BCUT2D eigenvalue weighted by molar-refractivity contribution is 5.65. The van der Waals surface area contributed by atoms with Crippen LogP contribution >= 0.6 is 0 Å². The van der Waals surface area contributed by atoms with Crippen LogP contribution < -0.4 is 9.47 Å². The van der Waals surface area contributed by atoms with Gasteiger partial charge in [-0.2, -0.15) is 9.97 Å². The summed E-state index contributed by atoms with van der Waals surface area (Å²) in [7, 11) is 3.18. The third-order valence-corrected chi connectivity index (χ3v) is 3.24. The molecule has 0 bridgehead atoms. The Morgan fingerprint density at radius 1 is 0.957 bits per heavy atom. The Balaban J connectivity index is 1.76. The summed E-state index contributed by atoms with van der Waals surface area (Å²) >= 11 is 0. The number of hydrogen-bond donors (Lipinski definition) is 0. The molecule has 0 aliphatic carbocycles. The second kappa shape index (κ2) is 6.47. The van der Waals surface area contributed by atoms with Crippen molar-refractivity contribution in [2.45, 2.75) is 19.8 Å². The van der Waals surface area contributed by atoms with E-state index in [-0.39, 0.29) is 0 Å². The lowest BCUT2D eigenvalue weighted by Gasteiger charge is -2.07. The van der Waals surface area contributed by atoms with Crippen LogP contribution in [0.5, 0.6) is 11.5 Å². The molecule has 0 amide bonds. The molecule has 0 atom stereocenters. The van der Waals surface area contributed by atoms with Gasteiger partial charge in [0.05, 0.1) is 19.8 Å². The van der Waals surface area contributed by atoms with E-state index in [0.29, 0.717) is 47.8 Å². The van der Waals surface area contributed by atoms with Crippen LogP contribution in [0.25, 0.3) is 11.4 Å². The number of rotatable bonds is 6. The van der Waals surface area contributed by atoms with Crippen LogP contribution in [0.15, 0.2) is 27.2 Å². The Labute approximate surface area is 132 Å². The Morgan fingerprint density at radius 3 is 2.35 bits per heavy atom. The minimum atomic E-state index is 0.459. The number of hydrogen-bond acceptors (Lipinski definition) is 8. The van der Waals surface area contributed by atoms with E-state index < -0.39 is 0 Å². The molecule has 2 heterocycles. The molecular weight excluding hydrogens is 300 g/mol. The first-order chi connectivity index (χ1) is 11.2. The van der Waals surface area contributed by atoms with Crippen molar-refractivity contribution >= 4 is 0 Å². The van der Waals surface area contributed by atoms with Gasteiger partial charge in [0.1, 0.15) is 11.5 Å². The zero-order chi connectivity index (χ0) is 16.2. The SMILES string of the molecule is COc1ccc(-c2noc(CCc3nc(C)no3)n2)c(OC)c1. The van der Waals surface area contributed by atoms with E-state index >= 15 is 0 Å². The molecular formula is C15H16N4O4. The number of aryl methyl sites for hydroxylation is 3.